The van der Waals surface area contributed by atoms with Gasteiger partial charge in [-0.25, -0.2) is 18.8 Å². The van der Waals surface area contributed by atoms with E-state index in [9.17, 15) is 38.5 Å². The van der Waals surface area contributed by atoms with Gasteiger partial charge in [0.05, 0.1) is 39.6 Å². The number of hydrogen-bond acceptors (Lipinski definition) is 24. The molecule has 8 atom stereocenters. The fourth-order valence-electron chi connectivity index (χ4n) is 6.47. The third-order valence-electron chi connectivity index (χ3n) is 11.3. The lowest BCUT2D eigenvalue weighted by Crippen LogP contribution is -2.44. The van der Waals surface area contributed by atoms with Crippen LogP contribution in [0.25, 0.3) is 0 Å². The maximum atomic E-state index is 15.3. The molecular formula is C48H74Cl2F2N6O18P2. The Kier molecular flexibility index (Phi) is 23.5. The minimum absolute atomic E-state index is 0.0582. The lowest BCUT2D eigenvalue weighted by molar-refractivity contribution is -0.163. The molecule has 4 rings (SSSR count). The third kappa shape index (κ3) is 18.4. The smallest absolute Gasteiger partial charge is 0.359 e. The van der Waals surface area contributed by atoms with Crippen LogP contribution in [0, 0.1) is 21.7 Å². The van der Waals surface area contributed by atoms with Gasteiger partial charge in [0.25, 0.3) is 0 Å². The molecule has 4 aliphatic heterocycles. The van der Waals surface area contributed by atoms with Crippen LogP contribution in [0.1, 0.15) is 89.5 Å². The molecule has 2 saturated heterocycles. The lowest BCUT2D eigenvalue weighted by atomic mass is 9.95. The summed E-state index contributed by atoms with van der Waals surface area (Å²) in [5.41, 5.74) is 4.19. The average molecular weight is 1190 g/mol. The van der Waals surface area contributed by atoms with Crippen molar-refractivity contribution in [3.05, 3.63) is 61.2 Å². The fraction of sp³-hybridized carbons (Fsp3) is 0.667. The second-order valence-corrected chi connectivity index (χ2v) is 26.7. The summed E-state index contributed by atoms with van der Waals surface area (Å²) in [4.78, 5) is 58.7. The largest absolute Gasteiger partial charge is 0.438 e. The zero-order valence-electron chi connectivity index (χ0n) is 45.8. The first-order valence-electron chi connectivity index (χ1n) is 24.0. The number of halogens is 4. The summed E-state index contributed by atoms with van der Waals surface area (Å²) in [6.45, 7) is 23.8. The molecule has 4 aliphatic rings. The van der Waals surface area contributed by atoms with E-state index in [2.05, 4.69) is 23.1 Å². The molecule has 78 heavy (non-hydrogen) atoms. The van der Waals surface area contributed by atoms with Crippen LogP contribution >= 0.6 is 38.4 Å². The Morgan fingerprint density at radius 1 is 0.667 bits per heavy atom. The van der Waals surface area contributed by atoms with Gasteiger partial charge in [-0.1, -0.05) is 13.2 Å². The molecule has 0 amide bonds. The Balaban J connectivity index is 0.000000410. The van der Waals surface area contributed by atoms with Gasteiger partial charge in [-0.3, -0.25) is 46.4 Å². The van der Waals surface area contributed by atoms with Crippen molar-refractivity contribution in [3.63, 3.8) is 0 Å². The average Bonchev–Trinajstić information content (AvgIpc) is 3.73. The molecule has 0 aromatic rings. The fourth-order valence-corrected chi connectivity index (χ4v) is 9.62. The van der Waals surface area contributed by atoms with E-state index in [1.807, 2.05) is 0 Å². The van der Waals surface area contributed by atoms with Crippen molar-refractivity contribution in [2.24, 2.45) is 43.1 Å². The Morgan fingerprint density at radius 2 is 1.03 bits per heavy atom. The van der Waals surface area contributed by atoms with Gasteiger partial charge in [-0.2, -0.15) is 0 Å². The Hall–Kier alpha value is -4.30. The predicted octanol–water partition coefficient (Wildman–Crippen LogP) is 6.90. The normalized spacial score (nSPS) is 26.1. The first kappa shape index (κ1) is 68.0. The highest BCUT2D eigenvalue weighted by Gasteiger charge is 2.58. The van der Waals surface area contributed by atoms with Gasteiger partial charge < -0.3 is 59.9 Å². The van der Waals surface area contributed by atoms with Gasteiger partial charge in [0.2, 0.25) is 27.2 Å². The molecule has 442 valence electrons. The van der Waals surface area contributed by atoms with E-state index in [0.717, 1.165) is 11.9 Å². The number of aliphatic imine (C=N–C) groups is 2. The van der Waals surface area contributed by atoms with Gasteiger partial charge in [0.1, 0.15) is 46.7 Å². The number of nitrogens with two attached hydrogens (primary N) is 2. The summed E-state index contributed by atoms with van der Waals surface area (Å²) in [5.74, 6) is -2.11. The van der Waals surface area contributed by atoms with Gasteiger partial charge >= 0.3 is 39.1 Å². The van der Waals surface area contributed by atoms with Crippen LogP contribution in [0.5, 0.6) is 0 Å². The molecule has 0 bridgehead atoms. The second-order valence-electron chi connectivity index (χ2n) is 22.1. The molecule has 0 aromatic carbocycles. The van der Waals surface area contributed by atoms with Crippen molar-refractivity contribution in [2.75, 3.05) is 45.1 Å². The highest BCUT2D eigenvalue weighted by atomic mass is 35.5. The van der Waals surface area contributed by atoms with Crippen LogP contribution in [0.3, 0.4) is 0 Å². The minimum Gasteiger partial charge on any atom is -0.438 e. The molecular weight excluding hydrogens is 1120 g/mol. The lowest BCUT2D eigenvalue weighted by Gasteiger charge is -2.33. The van der Waals surface area contributed by atoms with Gasteiger partial charge in [0, 0.05) is 18.2 Å². The van der Waals surface area contributed by atoms with E-state index in [-0.39, 0.29) is 29.7 Å². The Morgan fingerprint density at radius 3 is 1.37 bits per heavy atom. The molecule has 0 unspecified atom stereocenters. The number of carbonyl (C=O) groups is 4. The number of amidine groups is 2. The molecule has 30 heteroatoms. The van der Waals surface area contributed by atoms with Crippen molar-refractivity contribution in [1.82, 2.24) is 9.80 Å². The number of nitrogens with zero attached hydrogens (tertiary/aromatic N) is 4. The SMILES string of the molecule is C=C1N=C(N)C=CN1[C@@H]1O[C@@](/C=C\P(=O)(OCOC(=O)C(C)(C)C)OCOC(=O)C(C)(C)C)(CCl)[C@@H](O)[C@H]1F.C=C1N=C(N)C=CN1[C@@H]1O[C@](CCl)(CCP(=O)(OCOC(=O)C(C)(C)C)OCOC(=O)C(C)(C)C)[C@@H](O)[C@H]1F. The van der Waals surface area contributed by atoms with E-state index in [0.29, 0.717) is 0 Å². The second kappa shape index (κ2) is 27.0. The highest BCUT2D eigenvalue weighted by Crippen LogP contribution is 2.53. The van der Waals surface area contributed by atoms with Crippen LogP contribution in [0.4, 0.5) is 8.78 Å². The zero-order chi connectivity index (χ0) is 59.6. The minimum atomic E-state index is -4.35. The van der Waals surface area contributed by atoms with Gasteiger partial charge in [0.15, 0.2) is 24.8 Å². The van der Waals surface area contributed by atoms with Crippen LogP contribution in [0.2, 0.25) is 0 Å². The quantitative estimate of drug-likeness (QED) is 0.0298. The number of hydrogen-bond donors (Lipinski definition) is 4. The summed E-state index contributed by atoms with van der Waals surface area (Å²) in [5, 5.41) is 21.5. The van der Waals surface area contributed by atoms with Crippen molar-refractivity contribution in [2.45, 2.75) is 138 Å². The van der Waals surface area contributed by atoms with Crippen LogP contribution < -0.4 is 11.5 Å². The maximum Gasteiger partial charge on any atom is 0.359 e. The number of aliphatic hydroxyl groups excluding tert-OH is 2. The molecule has 0 spiro atoms. The molecule has 2 fully saturated rings. The van der Waals surface area contributed by atoms with Crippen LogP contribution in [0.15, 0.2) is 71.2 Å². The predicted molar refractivity (Wildman–Crippen MR) is 282 cm³/mol. The van der Waals surface area contributed by atoms with E-state index in [1.165, 1.54) is 34.4 Å². The van der Waals surface area contributed by atoms with Crippen molar-refractivity contribution >= 4 is 73.9 Å². The molecule has 0 aromatic heterocycles. The topological polar surface area (TPSA) is 318 Å². The van der Waals surface area contributed by atoms with Crippen LogP contribution in [-0.2, 0) is 74.8 Å². The number of aliphatic hydroxyl groups is 2. The summed E-state index contributed by atoms with van der Waals surface area (Å²) in [6.07, 6.45) is -4.45. The van der Waals surface area contributed by atoms with Gasteiger partial charge in [-0.15, -0.1) is 23.2 Å². The van der Waals surface area contributed by atoms with E-state index in [4.69, 9.17) is 81.2 Å². The van der Waals surface area contributed by atoms with E-state index >= 15 is 8.78 Å². The van der Waals surface area contributed by atoms with Crippen molar-refractivity contribution < 1.29 is 93.8 Å². The summed E-state index contributed by atoms with van der Waals surface area (Å²) in [7, 11) is -8.53. The molecule has 0 aliphatic carbocycles. The summed E-state index contributed by atoms with van der Waals surface area (Å²) in [6, 6.07) is 0. The van der Waals surface area contributed by atoms with Crippen LogP contribution in [-0.4, -0.2) is 149 Å². The molecule has 24 nitrogen and oxygen atoms in total. The zero-order valence-corrected chi connectivity index (χ0v) is 49.1. The summed E-state index contributed by atoms with van der Waals surface area (Å²) < 4.78 is 110. The number of ether oxygens (including phenoxy) is 6. The Bertz CT molecular complexity index is 2390. The van der Waals surface area contributed by atoms with E-state index in [1.54, 1.807) is 83.1 Å². The number of esters is 4. The van der Waals surface area contributed by atoms with E-state index < -0.39 is 154 Å². The van der Waals surface area contributed by atoms with Crippen molar-refractivity contribution in [3.8, 4) is 0 Å². The maximum absolute atomic E-state index is 15.3. The summed E-state index contributed by atoms with van der Waals surface area (Å²) >= 11 is 12.2. The van der Waals surface area contributed by atoms with Crippen molar-refractivity contribution in [1.29, 1.82) is 0 Å². The first-order chi connectivity index (χ1) is 35.7. The monoisotopic (exact) mass is 1190 g/mol. The molecule has 6 N–H and O–H groups in total. The molecule has 0 radical (unpaired) electrons. The number of rotatable bonds is 21. The van der Waals surface area contributed by atoms with Gasteiger partial charge in [-0.05, 0) is 108 Å². The highest BCUT2D eigenvalue weighted by molar-refractivity contribution is 7.57. The Labute approximate surface area is 463 Å². The third-order valence-corrected chi connectivity index (χ3v) is 15.4. The molecule has 4 heterocycles. The number of carbonyl (C=O) groups excluding carboxylic acids is 4. The molecule has 0 saturated carbocycles. The number of alkyl halides is 4. The first-order valence-corrected chi connectivity index (χ1v) is 28.4. The standard InChI is InChI=1S/C24H38ClFN3O9P.C24H36ClFN3O9P/c2*1-15-28-16(27)8-10-29(15)19-17(26)18(30)24(12-25,38-19)9-11-39(33,36-13-34-20(31)22(2,3)4)37-14-35-21(32)23(5,6)7/h8,10,17-19,30H,1,9,11-14H2,2-7H3,(H2,27,28);8-11,17-19,30H,1,12-14H2,2-7H3,(H2,27,28)/b;11-9-/t2*17-,18+,19-,24+/m11/s1.